The van der Waals surface area contributed by atoms with Crippen LogP contribution in [0.25, 0.3) is 11.3 Å². The highest BCUT2D eigenvalue weighted by atomic mass is 19.1. The smallest absolute Gasteiger partial charge is 0.270 e. The molecule has 0 atom stereocenters. The van der Waals surface area contributed by atoms with Gasteiger partial charge in [-0.1, -0.05) is 12.1 Å². The van der Waals surface area contributed by atoms with Crippen molar-refractivity contribution in [2.45, 2.75) is 25.9 Å². The summed E-state index contributed by atoms with van der Waals surface area (Å²) in [5.74, 6) is 0.559. The zero-order chi connectivity index (χ0) is 19.0. The Morgan fingerprint density at radius 2 is 2.00 bits per heavy atom. The van der Waals surface area contributed by atoms with Crippen molar-refractivity contribution >= 4 is 11.5 Å². The molecule has 0 bridgehead atoms. The molecule has 4 rings (SSSR count). The average Bonchev–Trinajstić information content (AvgIpc) is 3.26. The lowest BCUT2D eigenvalue weighted by Gasteiger charge is -2.00. The Labute approximate surface area is 154 Å². The highest BCUT2D eigenvalue weighted by Crippen LogP contribution is 2.25. The third kappa shape index (κ3) is 3.23. The minimum atomic E-state index is -0.507. The number of aromatic nitrogens is 2. The Morgan fingerprint density at radius 3 is 2.74 bits per heavy atom. The maximum atomic E-state index is 13.2. The largest absolute Gasteiger partial charge is 0.290 e. The molecule has 7 heteroatoms. The number of nitro benzene ring substituents is 1. The first-order chi connectivity index (χ1) is 13.0. The van der Waals surface area contributed by atoms with E-state index in [-0.39, 0.29) is 23.8 Å². The van der Waals surface area contributed by atoms with Gasteiger partial charge in [-0.25, -0.2) is 13.5 Å². The Bertz CT molecular complexity index is 1040. The van der Waals surface area contributed by atoms with Crippen molar-refractivity contribution in [2.24, 2.45) is 0 Å². The fourth-order valence-electron chi connectivity index (χ4n) is 3.54. The summed E-state index contributed by atoms with van der Waals surface area (Å²) in [5.41, 5.74) is 2.05. The number of benzene rings is 2. The second-order valence-electron chi connectivity index (χ2n) is 6.55. The quantitative estimate of drug-likeness (QED) is 0.301. The summed E-state index contributed by atoms with van der Waals surface area (Å²) in [5, 5.41) is 10.9. The first-order valence-corrected chi connectivity index (χ1v) is 8.68. The van der Waals surface area contributed by atoms with E-state index in [0.717, 1.165) is 36.5 Å². The number of carbonyl (C=O) groups excluding carboxylic acids is 1. The lowest BCUT2D eigenvalue weighted by atomic mass is 10.1. The van der Waals surface area contributed by atoms with Crippen molar-refractivity contribution < 1.29 is 18.7 Å². The number of imidazole rings is 1. The fourth-order valence-corrected chi connectivity index (χ4v) is 3.54. The zero-order valence-electron chi connectivity index (χ0n) is 14.5. The van der Waals surface area contributed by atoms with Gasteiger partial charge in [0, 0.05) is 23.3 Å². The summed E-state index contributed by atoms with van der Waals surface area (Å²) < 4.78 is 17.3. The molecule has 0 saturated carbocycles. The summed E-state index contributed by atoms with van der Waals surface area (Å²) in [7, 11) is 0. The Kier molecular flexibility index (Phi) is 4.27. The summed E-state index contributed by atoms with van der Waals surface area (Å²) in [6.45, 7) is 0.956. The molecule has 0 aliphatic carbocycles. The normalized spacial score (nSPS) is 12.8. The molecule has 0 spiro atoms. The van der Waals surface area contributed by atoms with Crippen molar-refractivity contribution in [1.29, 1.82) is 0 Å². The van der Waals surface area contributed by atoms with Crippen LogP contribution in [0.2, 0.25) is 0 Å². The van der Waals surface area contributed by atoms with E-state index in [1.807, 2.05) is 10.8 Å². The monoisotopic (exact) mass is 366 g/mol. The molecule has 6 nitrogen and oxygen atoms in total. The molecular formula is C20H17FN3O3+. The standard InChI is InChI=1S/C20H17FN3O3/c21-16-8-6-14(7-9-16)18-12-22(20-5-2-10-23(18)20)13-19(25)15-3-1-4-17(11-15)24(26)27/h1,3-4,6-9,11-12H,2,5,10,13H2/q+1. The number of non-ortho nitro benzene ring substituents is 1. The molecule has 0 saturated heterocycles. The molecule has 2 heterocycles. The van der Waals surface area contributed by atoms with Crippen LogP contribution in [0.15, 0.2) is 54.7 Å². The van der Waals surface area contributed by atoms with E-state index in [2.05, 4.69) is 4.57 Å². The molecule has 0 N–H and O–H groups in total. The predicted molar refractivity (Wildman–Crippen MR) is 95.8 cm³/mol. The summed E-state index contributed by atoms with van der Waals surface area (Å²) in [6, 6.07) is 12.1. The number of halogens is 1. The van der Waals surface area contributed by atoms with Crippen LogP contribution in [0.1, 0.15) is 22.6 Å². The minimum absolute atomic E-state index is 0.0973. The Morgan fingerprint density at radius 1 is 1.22 bits per heavy atom. The molecule has 0 fully saturated rings. The van der Waals surface area contributed by atoms with E-state index >= 15 is 0 Å². The van der Waals surface area contributed by atoms with Crippen LogP contribution < -0.4 is 4.57 Å². The van der Waals surface area contributed by atoms with Gasteiger partial charge in [-0.3, -0.25) is 14.9 Å². The molecule has 0 unspecified atom stereocenters. The topological polar surface area (TPSA) is 69.0 Å². The van der Waals surface area contributed by atoms with Gasteiger partial charge in [0.25, 0.3) is 11.5 Å². The predicted octanol–water partition coefficient (Wildman–Crippen LogP) is 3.32. The first kappa shape index (κ1) is 17.1. The van der Waals surface area contributed by atoms with Gasteiger partial charge in [0.1, 0.15) is 12.0 Å². The molecule has 27 heavy (non-hydrogen) atoms. The van der Waals surface area contributed by atoms with Gasteiger partial charge >= 0.3 is 0 Å². The fraction of sp³-hybridized carbons (Fsp3) is 0.200. The Balaban J connectivity index is 1.66. The maximum absolute atomic E-state index is 13.2. The van der Waals surface area contributed by atoms with Crippen molar-refractivity contribution in [3.63, 3.8) is 0 Å². The molecule has 1 aromatic heterocycles. The number of Topliss-reactive ketones (excluding diaryl/α,β-unsaturated/α-hetero) is 1. The van der Waals surface area contributed by atoms with Crippen LogP contribution in [0.3, 0.4) is 0 Å². The zero-order valence-corrected chi connectivity index (χ0v) is 14.5. The molecule has 136 valence electrons. The lowest BCUT2D eigenvalue weighted by molar-refractivity contribution is -0.689. The molecule has 2 aromatic carbocycles. The number of hydrogen-bond acceptors (Lipinski definition) is 3. The van der Waals surface area contributed by atoms with Crippen molar-refractivity contribution in [3.05, 3.63) is 82.0 Å². The van der Waals surface area contributed by atoms with Crippen molar-refractivity contribution in [3.8, 4) is 11.3 Å². The molecule has 3 aromatic rings. The first-order valence-electron chi connectivity index (χ1n) is 8.68. The van der Waals surface area contributed by atoms with E-state index in [1.54, 1.807) is 18.2 Å². The van der Waals surface area contributed by atoms with Gasteiger partial charge in [0.2, 0.25) is 5.78 Å². The second-order valence-corrected chi connectivity index (χ2v) is 6.55. The van der Waals surface area contributed by atoms with Gasteiger partial charge in [-0.15, -0.1) is 0 Å². The molecule has 1 aliphatic rings. The van der Waals surface area contributed by atoms with E-state index in [0.29, 0.717) is 5.56 Å². The molecule has 0 amide bonds. The maximum Gasteiger partial charge on any atom is 0.270 e. The van der Waals surface area contributed by atoms with Crippen LogP contribution >= 0.6 is 0 Å². The number of carbonyl (C=O) groups is 1. The van der Waals surface area contributed by atoms with E-state index in [9.17, 15) is 19.3 Å². The highest BCUT2D eigenvalue weighted by molar-refractivity contribution is 5.95. The molecular weight excluding hydrogens is 349 g/mol. The Hall–Kier alpha value is -3.35. The number of nitro groups is 1. The highest BCUT2D eigenvalue weighted by Gasteiger charge is 2.30. The molecule has 1 aliphatic heterocycles. The second kappa shape index (κ2) is 6.75. The van der Waals surface area contributed by atoms with Gasteiger partial charge in [-0.05, 0) is 30.7 Å². The van der Waals surface area contributed by atoms with Crippen LogP contribution in [0, 0.1) is 15.9 Å². The van der Waals surface area contributed by atoms with Crippen LogP contribution in [0.5, 0.6) is 0 Å². The van der Waals surface area contributed by atoms with Crippen LogP contribution in [-0.4, -0.2) is 15.3 Å². The van der Waals surface area contributed by atoms with Crippen molar-refractivity contribution in [1.82, 2.24) is 4.57 Å². The number of nitrogens with zero attached hydrogens (tertiary/aromatic N) is 3. The third-order valence-electron chi connectivity index (χ3n) is 4.83. The van der Waals surface area contributed by atoms with Crippen molar-refractivity contribution in [2.75, 3.05) is 0 Å². The van der Waals surface area contributed by atoms with E-state index in [1.165, 1.54) is 30.3 Å². The lowest BCUT2D eigenvalue weighted by Crippen LogP contribution is -2.40. The van der Waals surface area contributed by atoms with Crippen LogP contribution in [0.4, 0.5) is 10.1 Å². The number of fused-ring (bicyclic) bond motifs is 1. The summed E-state index contributed by atoms with van der Waals surface area (Å²) >= 11 is 0. The van der Waals surface area contributed by atoms with Gasteiger partial charge in [0.15, 0.2) is 12.2 Å². The van der Waals surface area contributed by atoms with E-state index < -0.39 is 4.92 Å². The third-order valence-corrected chi connectivity index (χ3v) is 4.83. The summed E-state index contributed by atoms with van der Waals surface area (Å²) in [6.07, 6.45) is 3.73. The number of ketones is 1. The summed E-state index contributed by atoms with van der Waals surface area (Å²) in [4.78, 5) is 23.1. The molecule has 0 radical (unpaired) electrons. The van der Waals surface area contributed by atoms with Gasteiger partial charge in [0.05, 0.1) is 17.9 Å². The van der Waals surface area contributed by atoms with E-state index in [4.69, 9.17) is 0 Å². The number of rotatable bonds is 5. The average molecular weight is 366 g/mol. The van der Waals surface area contributed by atoms with Gasteiger partial charge in [-0.2, -0.15) is 0 Å². The SMILES string of the molecule is O=C(C[n+]1cc(-c2ccc(F)cc2)n2c1CCC2)c1cccc([N+](=O)[O-])c1. The van der Waals surface area contributed by atoms with Crippen LogP contribution in [-0.2, 0) is 19.5 Å². The number of hydrogen-bond donors (Lipinski definition) is 0. The minimum Gasteiger partial charge on any atom is -0.290 e. The van der Waals surface area contributed by atoms with Gasteiger partial charge < -0.3 is 0 Å².